The second-order valence-electron chi connectivity index (χ2n) is 6.14. The van der Waals surface area contributed by atoms with E-state index in [2.05, 4.69) is 30.4 Å². The van der Waals surface area contributed by atoms with Crippen LogP contribution in [0.1, 0.15) is 36.1 Å². The molecule has 1 amide bonds. The molecule has 0 spiro atoms. The Morgan fingerprint density at radius 1 is 1.08 bits per heavy atom. The number of hydrazone groups is 1. The van der Waals surface area contributed by atoms with Gasteiger partial charge in [-0.2, -0.15) is 5.10 Å². The maximum absolute atomic E-state index is 12.2. The van der Waals surface area contributed by atoms with Crippen LogP contribution in [-0.4, -0.2) is 17.7 Å². The maximum atomic E-state index is 12.2. The zero-order chi connectivity index (χ0) is 18.6. The van der Waals surface area contributed by atoms with E-state index in [4.69, 9.17) is 16.3 Å². The molecule has 2 rings (SSSR count). The van der Waals surface area contributed by atoms with E-state index in [1.165, 1.54) is 11.1 Å². The van der Waals surface area contributed by atoms with E-state index in [0.29, 0.717) is 10.8 Å². The van der Waals surface area contributed by atoms with Crippen molar-refractivity contribution in [3.63, 3.8) is 0 Å². The van der Waals surface area contributed by atoms with Crippen LogP contribution >= 0.6 is 11.6 Å². The molecule has 1 unspecified atom stereocenters. The molecule has 1 N–H and O–H groups in total. The van der Waals surface area contributed by atoms with Gasteiger partial charge in [0, 0.05) is 5.02 Å². The SMILES string of the molecule is C/C(=N\NC(=O)C(C)Oc1ccc(Cl)cc1C)c1ccc(C)c(C)c1. The largest absolute Gasteiger partial charge is 0.481 e. The summed E-state index contributed by atoms with van der Waals surface area (Å²) in [6.45, 7) is 9.54. The Bertz CT molecular complexity index is 815. The lowest BCUT2D eigenvalue weighted by atomic mass is 10.0. The first kappa shape index (κ1) is 19.0. The fourth-order valence-corrected chi connectivity index (χ4v) is 2.48. The zero-order valence-electron chi connectivity index (χ0n) is 15.2. The average molecular weight is 359 g/mol. The number of nitrogens with zero attached hydrogens (tertiary/aromatic N) is 1. The molecule has 2 aromatic carbocycles. The molecule has 0 aliphatic heterocycles. The van der Waals surface area contributed by atoms with Crippen LogP contribution in [0.15, 0.2) is 41.5 Å². The number of rotatable bonds is 5. The number of benzene rings is 2. The van der Waals surface area contributed by atoms with Crippen molar-refractivity contribution in [2.75, 3.05) is 0 Å². The minimum atomic E-state index is -0.670. The summed E-state index contributed by atoms with van der Waals surface area (Å²) in [6.07, 6.45) is -0.670. The van der Waals surface area contributed by atoms with Crippen LogP contribution in [0, 0.1) is 20.8 Å². The molecule has 0 radical (unpaired) electrons. The highest BCUT2D eigenvalue weighted by Crippen LogP contribution is 2.22. The first-order chi connectivity index (χ1) is 11.8. The number of ether oxygens (including phenoxy) is 1. The number of nitrogens with one attached hydrogen (secondary N) is 1. The summed E-state index contributed by atoms with van der Waals surface area (Å²) < 4.78 is 5.69. The molecule has 0 aliphatic carbocycles. The molecule has 1 atom stereocenters. The standard InChI is InChI=1S/C20H23ClN2O2/c1-12-6-7-17(10-13(12)2)15(4)22-23-20(24)16(5)25-19-9-8-18(21)11-14(19)3/h6-11,16H,1-5H3,(H,23,24)/b22-15+. The van der Waals surface area contributed by atoms with Gasteiger partial charge in [-0.1, -0.05) is 23.7 Å². The van der Waals surface area contributed by atoms with E-state index in [1.54, 1.807) is 25.1 Å². The molecule has 132 valence electrons. The molecule has 0 saturated heterocycles. The van der Waals surface area contributed by atoms with Crippen LogP contribution in [0.4, 0.5) is 0 Å². The zero-order valence-corrected chi connectivity index (χ0v) is 15.9. The third kappa shape index (κ3) is 5.07. The summed E-state index contributed by atoms with van der Waals surface area (Å²) in [7, 11) is 0. The van der Waals surface area contributed by atoms with Crippen molar-refractivity contribution in [2.45, 2.75) is 40.7 Å². The molecular formula is C20H23ClN2O2. The lowest BCUT2D eigenvalue weighted by Gasteiger charge is -2.15. The summed E-state index contributed by atoms with van der Waals surface area (Å²) in [6, 6.07) is 11.4. The minimum absolute atomic E-state index is 0.308. The Kier molecular flexibility index (Phi) is 6.21. The topological polar surface area (TPSA) is 50.7 Å². The van der Waals surface area contributed by atoms with Crippen LogP contribution in [0.3, 0.4) is 0 Å². The third-order valence-electron chi connectivity index (χ3n) is 4.07. The van der Waals surface area contributed by atoms with Gasteiger partial charge in [-0.3, -0.25) is 4.79 Å². The number of carbonyl (C=O) groups excluding carboxylic acids is 1. The summed E-state index contributed by atoms with van der Waals surface area (Å²) in [4.78, 5) is 12.2. The number of carbonyl (C=O) groups is 1. The van der Waals surface area contributed by atoms with E-state index in [9.17, 15) is 4.79 Å². The summed E-state index contributed by atoms with van der Waals surface area (Å²) in [5, 5.41) is 4.82. The highest BCUT2D eigenvalue weighted by atomic mass is 35.5. The van der Waals surface area contributed by atoms with E-state index >= 15 is 0 Å². The van der Waals surface area contributed by atoms with Crippen molar-refractivity contribution in [2.24, 2.45) is 5.10 Å². The number of hydrogen-bond donors (Lipinski definition) is 1. The van der Waals surface area contributed by atoms with Gasteiger partial charge in [0.15, 0.2) is 6.10 Å². The molecule has 5 heteroatoms. The quantitative estimate of drug-likeness (QED) is 0.628. The van der Waals surface area contributed by atoms with Crippen molar-refractivity contribution in [1.29, 1.82) is 0 Å². The van der Waals surface area contributed by atoms with Crippen molar-refractivity contribution in [3.05, 3.63) is 63.7 Å². The van der Waals surface area contributed by atoms with Crippen LogP contribution in [0.25, 0.3) is 0 Å². The van der Waals surface area contributed by atoms with Gasteiger partial charge in [-0.05, 0) is 81.1 Å². The highest BCUT2D eigenvalue weighted by molar-refractivity contribution is 6.30. The second kappa shape index (κ2) is 8.17. The molecule has 0 bridgehead atoms. The number of halogens is 1. The predicted octanol–water partition coefficient (Wildman–Crippen LogP) is 4.57. The van der Waals surface area contributed by atoms with E-state index in [-0.39, 0.29) is 5.91 Å². The Labute approximate surface area is 153 Å². The van der Waals surface area contributed by atoms with Crippen molar-refractivity contribution < 1.29 is 9.53 Å². The highest BCUT2D eigenvalue weighted by Gasteiger charge is 2.15. The molecular weight excluding hydrogens is 336 g/mol. The van der Waals surface area contributed by atoms with Crippen molar-refractivity contribution in [3.8, 4) is 5.75 Å². The van der Waals surface area contributed by atoms with Crippen molar-refractivity contribution in [1.82, 2.24) is 5.43 Å². The predicted molar refractivity (Wildman–Crippen MR) is 103 cm³/mol. The summed E-state index contributed by atoms with van der Waals surface area (Å²) in [5.74, 6) is 0.319. The number of aryl methyl sites for hydroxylation is 3. The molecule has 25 heavy (non-hydrogen) atoms. The van der Waals surface area contributed by atoms with Gasteiger partial charge in [0.1, 0.15) is 5.75 Å². The van der Waals surface area contributed by atoms with Crippen molar-refractivity contribution >= 4 is 23.2 Å². The first-order valence-electron chi connectivity index (χ1n) is 8.12. The fourth-order valence-electron chi connectivity index (χ4n) is 2.25. The van der Waals surface area contributed by atoms with Crippen LogP contribution in [0.2, 0.25) is 5.02 Å². The number of hydrogen-bond acceptors (Lipinski definition) is 3. The molecule has 0 saturated carbocycles. The molecule has 0 aromatic heterocycles. The Balaban J connectivity index is 2.01. The Morgan fingerprint density at radius 3 is 2.44 bits per heavy atom. The smallest absolute Gasteiger partial charge is 0.280 e. The monoisotopic (exact) mass is 358 g/mol. The van der Waals surface area contributed by atoms with Gasteiger partial charge >= 0.3 is 0 Å². The minimum Gasteiger partial charge on any atom is -0.481 e. The van der Waals surface area contributed by atoms with Crippen LogP contribution in [-0.2, 0) is 4.79 Å². The van der Waals surface area contributed by atoms with Crippen LogP contribution in [0.5, 0.6) is 5.75 Å². The Morgan fingerprint density at radius 2 is 1.80 bits per heavy atom. The van der Waals surface area contributed by atoms with Crippen LogP contribution < -0.4 is 10.2 Å². The van der Waals surface area contributed by atoms with E-state index in [0.717, 1.165) is 16.8 Å². The second-order valence-corrected chi connectivity index (χ2v) is 6.58. The molecule has 0 fully saturated rings. The number of amides is 1. The molecule has 0 heterocycles. The lowest BCUT2D eigenvalue weighted by Crippen LogP contribution is -2.34. The lowest BCUT2D eigenvalue weighted by molar-refractivity contribution is -0.127. The van der Waals surface area contributed by atoms with Gasteiger partial charge < -0.3 is 4.74 Å². The summed E-state index contributed by atoms with van der Waals surface area (Å²) in [5.41, 5.74) is 7.57. The average Bonchev–Trinajstić information content (AvgIpc) is 2.57. The van der Waals surface area contributed by atoms with E-state index in [1.807, 2.05) is 26.0 Å². The van der Waals surface area contributed by atoms with Gasteiger partial charge in [-0.25, -0.2) is 5.43 Å². The maximum Gasteiger partial charge on any atom is 0.280 e. The van der Waals surface area contributed by atoms with Gasteiger partial charge in [0.25, 0.3) is 5.91 Å². The van der Waals surface area contributed by atoms with Gasteiger partial charge in [0.05, 0.1) is 5.71 Å². The summed E-state index contributed by atoms with van der Waals surface area (Å²) >= 11 is 5.93. The molecule has 2 aromatic rings. The Hall–Kier alpha value is -2.33. The first-order valence-corrected chi connectivity index (χ1v) is 8.50. The fraction of sp³-hybridized carbons (Fsp3) is 0.300. The molecule has 0 aliphatic rings. The van der Waals surface area contributed by atoms with E-state index < -0.39 is 6.10 Å². The molecule has 4 nitrogen and oxygen atoms in total. The third-order valence-corrected chi connectivity index (χ3v) is 4.30. The van der Waals surface area contributed by atoms with Gasteiger partial charge in [-0.15, -0.1) is 0 Å². The van der Waals surface area contributed by atoms with Gasteiger partial charge in [0.2, 0.25) is 0 Å². The normalized spacial score (nSPS) is 12.6.